The zero-order valence-electron chi connectivity index (χ0n) is 17.2. The number of halogens is 3. The summed E-state index contributed by atoms with van der Waals surface area (Å²) >= 11 is 5.20. The Bertz CT molecular complexity index is 1090. The summed E-state index contributed by atoms with van der Waals surface area (Å²) in [5, 5.41) is 19.1. The maximum atomic E-state index is 13.1. The molecule has 0 aromatic heterocycles. The van der Waals surface area contributed by atoms with E-state index in [1.165, 1.54) is 34.6 Å². The van der Waals surface area contributed by atoms with Crippen molar-refractivity contribution in [1.82, 2.24) is 4.31 Å². The van der Waals surface area contributed by atoms with Crippen LogP contribution in [0.2, 0.25) is 0 Å². The van der Waals surface area contributed by atoms with Crippen LogP contribution in [-0.4, -0.2) is 54.5 Å². The minimum atomic E-state index is -4.83. The van der Waals surface area contributed by atoms with Crippen molar-refractivity contribution in [2.24, 2.45) is 0 Å². The van der Waals surface area contributed by atoms with Gasteiger partial charge < -0.3 is 10.0 Å². The first-order chi connectivity index (χ1) is 14.9. The van der Waals surface area contributed by atoms with Gasteiger partial charge in [0.15, 0.2) is 5.60 Å². The molecule has 1 saturated heterocycles. The molecule has 172 valence electrons. The number of sulfonamides is 1. The molecule has 2 aliphatic rings. The van der Waals surface area contributed by atoms with E-state index in [1.807, 2.05) is 6.07 Å². The summed E-state index contributed by atoms with van der Waals surface area (Å²) in [5.41, 5.74) is -2.76. The molecule has 1 unspecified atom stereocenters. The van der Waals surface area contributed by atoms with Crippen LogP contribution in [0.25, 0.3) is 0 Å². The Kier molecular flexibility index (Phi) is 6.81. The number of allylic oxidation sites excluding steroid dienone is 4. The Hall–Kier alpha value is -2.26. The zero-order valence-corrected chi connectivity index (χ0v) is 18.8. The number of nitrogens with zero attached hydrogens (tertiary/aromatic N) is 3. The average molecular weight is 486 g/mol. The van der Waals surface area contributed by atoms with E-state index in [0.717, 1.165) is 0 Å². The lowest BCUT2D eigenvalue weighted by atomic mass is 9.95. The van der Waals surface area contributed by atoms with Crippen LogP contribution >= 0.6 is 12.2 Å². The van der Waals surface area contributed by atoms with E-state index in [1.54, 1.807) is 17.1 Å². The first-order valence-electron chi connectivity index (χ1n) is 9.83. The van der Waals surface area contributed by atoms with Gasteiger partial charge >= 0.3 is 6.18 Å². The minimum Gasteiger partial charge on any atom is -0.376 e. The van der Waals surface area contributed by atoms with E-state index >= 15 is 0 Å². The highest BCUT2D eigenvalue weighted by Crippen LogP contribution is 2.39. The molecule has 0 saturated carbocycles. The lowest BCUT2D eigenvalue weighted by Crippen LogP contribution is -2.55. The zero-order chi connectivity index (χ0) is 23.7. The van der Waals surface area contributed by atoms with E-state index in [-0.39, 0.29) is 36.5 Å². The van der Waals surface area contributed by atoms with Gasteiger partial charge in [-0.15, -0.1) is 0 Å². The van der Waals surface area contributed by atoms with Gasteiger partial charge in [0.2, 0.25) is 10.0 Å². The summed E-state index contributed by atoms with van der Waals surface area (Å²) in [6.45, 7) is 1.11. The first kappa shape index (κ1) is 24.4. The standard InChI is InChI=1S/C21H22F3N3O3S2/c1-20(28,21(22,23)24)15-6-8-16(9-7-15)27-13-12-26(14-17(27)10-11-25)32(29,30)19-5-3-2-4-18(19)31/h2-3,5-9,17,28H,4,10,12-14H2,1H3/t17-,20?/m0/s1. The molecule has 32 heavy (non-hydrogen) atoms. The van der Waals surface area contributed by atoms with E-state index in [0.29, 0.717) is 23.9 Å². The molecule has 1 aromatic carbocycles. The predicted octanol–water partition coefficient (Wildman–Crippen LogP) is 3.40. The molecular weight excluding hydrogens is 463 g/mol. The Labute approximate surface area is 190 Å². The highest BCUT2D eigenvalue weighted by atomic mass is 32.2. The van der Waals surface area contributed by atoms with Crippen molar-refractivity contribution in [2.45, 2.75) is 37.6 Å². The molecule has 0 radical (unpaired) electrons. The van der Waals surface area contributed by atoms with Crippen LogP contribution in [0.3, 0.4) is 0 Å². The number of nitriles is 1. The maximum Gasteiger partial charge on any atom is 0.421 e. The van der Waals surface area contributed by atoms with Gasteiger partial charge in [-0.3, -0.25) is 0 Å². The number of alkyl halides is 3. The van der Waals surface area contributed by atoms with Crippen molar-refractivity contribution < 1.29 is 26.7 Å². The summed E-state index contributed by atoms with van der Waals surface area (Å²) < 4.78 is 66.8. The van der Waals surface area contributed by atoms with Crippen LogP contribution in [0.1, 0.15) is 25.3 Å². The molecule has 6 nitrogen and oxygen atoms in total. The van der Waals surface area contributed by atoms with Crippen LogP contribution in [0.15, 0.2) is 47.4 Å². The van der Waals surface area contributed by atoms with Crippen LogP contribution in [-0.2, 0) is 15.6 Å². The van der Waals surface area contributed by atoms with Crippen LogP contribution < -0.4 is 4.90 Å². The molecule has 2 atom stereocenters. The lowest BCUT2D eigenvalue weighted by Gasteiger charge is -2.41. The number of hydrogen-bond donors (Lipinski definition) is 1. The van der Waals surface area contributed by atoms with E-state index in [9.17, 15) is 32.0 Å². The van der Waals surface area contributed by atoms with Gasteiger partial charge in [-0.2, -0.15) is 22.7 Å². The fourth-order valence-corrected chi connectivity index (χ4v) is 5.77. The average Bonchev–Trinajstić information content (AvgIpc) is 2.73. The molecule has 1 aromatic rings. The van der Waals surface area contributed by atoms with Gasteiger partial charge in [-0.1, -0.05) is 36.5 Å². The third-order valence-corrected chi connectivity index (χ3v) is 8.13. The predicted molar refractivity (Wildman–Crippen MR) is 118 cm³/mol. The molecular formula is C21H22F3N3O3S2. The first-order valence-corrected chi connectivity index (χ1v) is 11.7. The summed E-state index contributed by atoms with van der Waals surface area (Å²) in [5.74, 6) is 0. The van der Waals surface area contributed by atoms with Crippen molar-refractivity contribution in [2.75, 3.05) is 24.5 Å². The summed E-state index contributed by atoms with van der Waals surface area (Å²) in [6.07, 6.45) is 0.452. The second kappa shape index (κ2) is 8.94. The summed E-state index contributed by atoms with van der Waals surface area (Å²) in [4.78, 5) is 2.21. The Balaban J connectivity index is 1.83. The Morgan fingerprint density at radius 1 is 1.25 bits per heavy atom. The normalized spacial score (nSPS) is 22.2. The highest BCUT2D eigenvalue weighted by Gasteiger charge is 2.51. The Morgan fingerprint density at radius 2 is 1.91 bits per heavy atom. The second-order valence-electron chi connectivity index (χ2n) is 7.78. The van der Waals surface area contributed by atoms with Crippen molar-refractivity contribution in [3.63, 3.8) is 0 Å². The fraction of sp³-hybridized carbons (Fsp3) is 0.429. The summed E-state index contributed by atoms with van der Waals surface area (Å²) in [7, 11) is -3.83. The van der Waals surface area contributed by atoms with Gasteiger partial charge in [0, 0.05) is 36.6 Å². The SMILES string of the molecule is CC(O)(c1ccc(N2CCN(S(=O)(=O)C3=CC=CCC3=S)C[C@@H]2CC#N)cc1)C(F)(F)F. The van der Waals surface area contributed by atoms with E-state index in [4.69, 9.17) is 12.2 Å². The van der Waals surface area contributed by atoms with Gasteiger partial charge in [0.25, 0.3) is 0 Å². The molecule has 1 N–H and O–H groups in total. The number of hydrogen-bond acceptors (Lipinski definition) is 6. The number of aliphatic hydroxyl groups is 1. The number of rotatable bonds is 5. The van der Waals surface area contributed by atoms with E-state index in [2.05, 4.69) is 0 Å². The molecule has 1 fully saturated rings. The Morgan fingerprint density at radius 3 is 2.47 bits per heavy atom. The van der Waals surface area contributed by atoms with Gasteiger partial charge in [0.1, 0.15) is 0 Å². The van der Waals surface area contributed by atoms with Crippen molar-refractivity contribution in [3.05, 3.63) is 53.0 Å². The minimum absolute atomic E-state index is 0.0252. The number of thiocarbonyl (C=S) groups is 1. The third kappa shape index (κ3) is 4.59. The van der Waals surface area contributed by atoms with Crippen molar-refractivity contribution in [3.8, 4) is 6.07 Å². The molecule has 0 spiro atoms. The summed E-state index contributed by atoms with van der Waals surface area (Å²) in [6, 6.07) is 6.81. The third-order valence-electron chi connectivity index (χ3n) is 5.66. The molecule has 0 bridgehead atoms. The monoisotopic (exact) mass is 485 g/mol. The number of anilines is 1. The van der Waals surface area contributed by atoms with Gasteiger partial charge in [-0.25, -0.2) is 8.42 Å². The van der Waals surface area contributed by atoms with Crippen molar-refractivity contribution >= 4 is 32.8 Å². The second-order valence-corrected chi connectivity index (χ2v) is 10.2. The van der Waals surface area contributed by atoms with Crippen LogP contribution in [0.4, 0.5) is 18.9 Å². The van der Waals surface area contributed by atoms with E-state index < -0.39 is 27.8 Å². The topological polar surface area (TPSA) is 84.6 Å². The molecule has 1 aliphatic carbocycles. The largest absolute Gasteiger partial charge is 0.421 e. The highest BCUT2D eigenvalue weighted by molar-refractivity contribution is 7.96. The quantitative estimate of drug-likeness (QED) is 0.644. The fourth-order valence-electron chi connectivity index (χ4n) is 3.70. The van der Waals surface area contributed by atoms with Crippen molar-refractivity contribution in [1.29, 1.82) is 5.26 Å². The molecule has 11 heteroatoms. The van der Waals surface area contributed by atoms with Crippen LogP contribution in [0.5, 0.6) is 0 Å². The number of benzene rings is 1. The van der Waals surface area contributed by atoms with Crippen LogP contribution in [0, 0.1) is 11.3 Å². The molecule has 0 amide bonds. The smallest absolute Gasteiger partial charge is 0.376 e. The molecule has 3 rings (SSSR count). The number of piperazine rings is 1. The lowest BCUT2D eigenvalue weighted by molar-refractivity contribution is -0.258. The molecule has 1 heterocycles. The van der Waals surface area contributed by atoms with Gasteiger partial charge in [0.05, 0.1) is 23.4 Å². The van der Waals surface area contributed by atoms with Gasteiger partial charge in [-0.05, 0) is 30.7 Å². The maximum absolute atomic E-state index is 13.1. The molecule has 1 aliphatic heterocycles.